The van der Waals surface area contributed by atoms with Gasteiger partial charge in [0.2, 0.25) is 5.51 Å². The molecule has 42 heavy (non-hydrogen) atoms. The lowest BCUT2D eigenvalue weighted by molar-refractivity contribution is -0.683. The molecule has 230 valence electrons. The molecule has 0 aliphatic heterocycles. The van der Waals surface area contributed by atoms with E-state index < -0.39 is 0 Å². The Bertz CT molecular complexity index is 1200. The average molecular weight is 593 g/mol. The van der Waals surface area contributed by atoms with Gasteiger partial charge in [0.05, 0.1) is 17.2 Å². The van der Waals surface area contributed by atoms with Gasteiger partial charge in [0.25, 0.3) is 0 Å². The third-order valence-corrected chi connectivity index (χ3v) is 8.47. The number of rotatable bonds is 18. The Morgan fingerprint density at radius 3 is 2.02 bits per heavy atom. The molecule has 0 aliphatic carbocycles. The second-order valence-corrected chi connectivity index (χ2v) is 13.7. The van der Waals surface area contributed by atoms with E-state index in [0.29, 0.717) is 12.3 Å². The molecule has 6 heteroatoms. The molecular formula is C36H54N3O2S+. The minimum absolute atomic E-state index is 0.102. The molecule has 0 aliphatic rings. The zero-order chi connectivity index (χ0) is 30.2. The number of carbonyl (C=O) groups is 1. The van der Waals surface area contributed by atoms with Gasteiger partial charge in [0.1, 0.15) is 5.75 Å². The number of carbonyl (C=O) groups excluding carboxylic acids is 1. The van der Waals surface area contributed by atoms with Crippen molar-refractivity contribution in [2.24, 2.45) is 0 Å². The second kappa shape index (κ2) is 17.9. The van der Waals surface area contributed by atoms with Crippen LogP contribution < -0.4 is 19.9 Å². The summed E-state index contributed by atoms with van der Waals surface area (Å²) in [6, 6.07) is 13.8. The topological polar surface area (TPSA) is 54.2 Å². The van der Waals surface area contributed by atoms with Crippen molar-refractivity contribution in [1.29, 1.82) is 0 Å². The van der Waals surface area contributed by atoms with E-state index >= 15 is 0 Å². The monoisotopic (exact) mass is 592 g/mol. The van der Waals surface area contributed by atoms with Crippen LogP contribution in [-0.4, -0.2) is 12.6 Å². The zero-order valence-corrected chi connectivity index (χ0v) is 27.6. The van der Waals surface area contributed by atoms with E-state index in [9.17, 15) is 4.79 Å². The zero-order valence-electron chi connectivity index (χ0n) is 26.8. The summed E-state index contributed by atoms with van der Waals surface area (Å²) < 4.78 is 8.54. The lowest BCUT2D eigenvalue weighted by atomic mass is 9.86. The predicted molar refractivity (Wildman–Crippen MR) is 179 cm³/mol. The summed E-state index contributed by atoms with van der Waals surface area (Å²) in [7, 11) is 0. The molecular weight excluding hydrogens is 538 g/mol. The highest BCUT2D eigenvalue weighted by Crippen LogP contribution is 2.37. The Morgan fingerprint density at radius 2 is 1.45 bits per heavy atom. The molecule has 0 unspecified atom stereocenters. The second-order valence-electron chi connectivity index (χ2n) is 12.6. The highest BCUT2D eigenvalue weighted by Gasteiger charge is 2.22. The fourth-order valence-electron chi connectivity index (χ4n) is 5.22. The van der Waals surface area contributed by atoms with Crippen LogP contribution in [0.2, 0.25) is 0 Å². The number of unbranched alkanes of at least 4 members (excludes halogenated alkanes) is 11. The fourth-order valence-corrected chi connectivity index (χ4v) is 5.85. The molecule has 2 amide bonds. The number of aryl methyl sites for hydroxylation is 1. The maximum Gasteiger partial charge on any atom is 0.323 e. The minimum Gasteiger partial charge on any atom is -0.491 e. The van der Waals surface area contributed by atoms with Gasteiger partial charge in [-0.2, -0.15) is 4.57 Å². The predicted octanol–water partition coefficient (Wildman–Crippen LogP) is 10.4. The average Bonchev–Trinajstić information content (AvgIpc) is 3.36. The lowest BCUT2D eigenvalue weighted by Gasteiger charge is -2.25. The first-order valence-electron chi connectivity index (χ1n) is 16.1. The van der Waals surface area contributed by atoms with Crippen molar-refractivity contribution in [1.82, 2.24) is 0 Å². The maximum atomic E-state index is 13.0. The van der Waals surface area contributed by atoms with E-state index in [4.69, 9.17) is 4.74 Å². The Morgan fingerprint density at radius 1 is 0.833 bits per heavy atom. The van der Waals surface area contributed by atoms with Crippen LogP contribution in [0.15, 0.2) is 54.2 Å². The first-order valence-corrected chi connectivity index (χ1v) is 17.0. The van der Waals surface area contributed by atoms with Crippen LogP contribution >= 0.6 is 11.3 Å². The first-order chi connectivity index (χ1) is 20.3. The molecule has 3 aromatic rings. The molecule has 0 bridgehead atoms. The van der Waals surface area contributed by atoms with Crippen molar-refractivity contribution in [2.45, 2.75) is 124 Å². The number of amides is 2. The van der Waals surface area contributed by atoms with E-state index in [2.05, 4.69) is 79.7 Å². The lowest BCUT2D eigenvalue weighted by Crippen LogP contribution is -2.30. The van der Waals surface area contributed by atoms with Crippen LogP contribution in [0, 0.1) is 6.92 Å². The number of ether oxygens (including phenoxy) is 1. The van der Waals surface area contributed by atoms with Gasteiger partial charge in [-0.05, 0) is 37.0 Å². The standard InChI is InChI=1S/C36H53N3O2S/c1-6-7-8-9-10-11-12-13-14-15-16-17-25-41-34-32(36(3,4)5)19-18-20-33(34)38-35(40)37-31-23-21-30(22-24-31)27-39-26-29(2)42-28-39/h18-24,26,28H,6-17,25,27H2,1-5H3,(H-,37,38,40)/p+1. The number of para-hydroxylation sites is 1. The number of nitrogens with zero attached hydrogens (tertiary/aromatic N) is 1. The van der Waals surface area contributed by atoms with Crippen molar-refractivity contribution in [2.75, 3.05) is 17.2 Å². The third kappa shape index (κ3) is 12.2. The SMILES string of the molecule is CCCCCCCCCCCCCCOc1c(NC(=O)Nc2ccc(C[n+]3csc(C)c3)cc2)cccc1C(C)(C)C. The van der Waals surface area contributed by atoms with Gasteiger partial charge in [-0.3, -0.25) is 0 Å². The normalized spacial score (nSPS) is 11.5. The fraction of sp³-hybridized carbons (Fsp3) is 0.556. The Hall–Kier alpha value is -2.86. The van der Waals surface area contributed by atoms with E-state index in [1.807, 2.05) is 24.3 Å². The number of aromatic nitrogens is 1. The minimum atomic E-state index is -0.271. The summed E-state index contributed by atoms with van der Waals surface area (Å²) >= 11 is 1.74. The van der Waals surface area contributed by atoms with Crippen molar-refractivity contribution in [3.05, 3.63) is 70.2 Å². The Labute approximate surface area is 259 Å². The van der Waals surface area contributed by atoms with Gasteiger partial charge in [-0.1, -0.05) is 134 Å². The number of hydrogen-bond donors (Lipinski definition) is 2. The highest BCUT2D eigenvalue weighted by molar-refractivity contribution is 7.09. The van der Waals surface area contributed by atoms with Crippen molar-refractivity contribution in [3.63, 3.8) is 0 Å². The molecule has 0 radical (unpaired) electrons. The molecule has 0 saturated carbocycles. The maximum absolute atomic E-state index is 13.0. The smallest absolute Gasteiger partial charge is 0.323 e. The van der Waals surface area contributed by atoms with Gasteiger partial charge in [-0.25, -0.2) is 4.79 Å². The molecule has 1 heterocycles. The molecule has 2 N–H and O–H groups in total. The van der Waals surface area contributed by atoms with E-state index in [-0.39, 0.29) is 11.4 Å². The first kappa shape index (κ1) is 33.6. The number of hydrogen-bond acceptors (Lipinski definition) is 3. The number of thiazole rings is 1. The molecule has 3 rings (SSSR count). The number of nitrogens with one attached hydrogen (secondary N) is 2. The summed E-state index contributed by atoms with van der Waals surface area (Å²) in [5.41, 5.74) is 5.78. The largest absolute Gasteiger partial charge is 0.491 e. The van der Waals surface area contributed by atoms with Gasteiger partial charge in [0.15, 0.2) is 12.7 Å². The van der Waals surface area contributed by atoms with Gasteiger partial charge in [0, 0.05) is 16.8 Å². The van der Waals surface area contributed by atoms with Crippen LogP contribution in [0.25, 0.3) is 0 Å². The van der Waals surface area contributed by atoms with Crippen LogP contribution in [0.4, 0.5) is 16.2 Å². The van der Waals surface area contributed by atoms with Crippen molar-refractivity contribution < 1.29 is 14.1 Å². The van der Waals surface area contributed by atoms with Crippen molar-refractivity contribution >= 4 is 28.7 Å². The Balaban J connectivity index is 1.45. The van der Waals surface area contributed by atoms with Crippen LogP contribution in [0.5, 0.6) is 5.75 Å². The van der Waals surface area contributed by atoms with E-state index in [1.165, 1.54) is 81.1 Å². The molecule has 0 spiro atoms. The summed E-state index contributed by atoms with van der Waals surface area (Å²) in [4.78, 5) is 14.3. The van der Waals surface area contributed by atoms with E-state index in [0.717, 1.165) is 30.0 Å². The summed E-state index contributed by atoms with van der Waals surface area (Å²) in [6.45, 7) is 12.4. The summed E-state index contributed by atoms with van der Waals surface area (Å²) in [5.74, 6) is 0.779. The van der Waals surface area contributed by atoms with E-state index in [1.54, 1.807) is 11.3 Å². The number of urea groups is 1. The van der Waals surface area contributed by atoms with Crippen molar-refractivity contribution in [3.8, 4) is 5.75 Å². The molecule has 5 nitrogen and oxygen atoms in total. The van der Waals surface area contributed by atoms with Crippen LogP contribution in [0.1, 0.15) is 121 Å². The van der Waals surface area contributed by atoms with Gasteiger partial charge in [-0.15, -0.1) is 0 Å². The number of benzene rings is 2. The molecule has 0 fully saturated rings. The highest BCUT2D eigenvalue weighted by atomic mass is 32.1. The quantitative estimate of drug-likeness (QED) is 0.114. The molecule has 2 aromatic carbocycles. The number of anilines is 2. The molecule has 0 atom stereocenters. The molecule has 0 saturated heterocycles. The summed E-state index contributed by atoms with van der Waals surface area (Å²) in [5, 5.41) is 6.03. The van der Waals surface area contributed by atoms with Gasteiger partial charge >= 0.3 is 6.03 Å². The van der Waals surface area contributed by atoms with Crippen LogP contribution in [0.3, 0.4) is 0 Å². The Kier molecular flexibility index (Phi) is 14.4. The summed E-state index contributed by atoms with van der Waals surface area (Å²) in [6.07, 6.45) is 18.0. The van der Waals surface area contributed by atoms with Crippen LogP contribution in [-0.2, 0) is 12.0 Å². The third-order valence-electron chi connectivity index (χ3n) is 7.61. The van der Waals surface area contributed by atoms with Gasteiger partial charge < -0.3 is 15.4 Å². The molecule has 1 aromatic heterocycles.